The number of aromatic nitrogens is 1. The van der Waals surface area contributed by atoms with Crippen molar-refractivity contribution < 1.29 is 9.47 Å². The van der Waals surface area contributed by atoms with Crippen molar-refractivity contribution in [1.82, 2.24) is 9.88 Å². The monoisotopic (exact) mass is 248 g/mol. The van der Waals surface area contributed by atoms with Crippen molar-refractivity contribution in [2.75, 3.05) is 26.3 Å². The molecule has 0 bridgehead atoms. The Kier molecular flexibility index (Phi) is 3.37. The molecule has 1 atom stereocenters. The van der Waals surface area contributed by atoms with Gasteiger partial charge in [0.25, 0.3) is 5.88 Å². The molecule has 0 unspecified atom stereocenters. The van der Waals surface area contributed by atoms with E-state index in [-0.39, 0.29) is 0 Å². The molecule has 1 aromatic rings. The van der Waals surface area contributed by atoms with Gasteiger partial charge in [-0.2, -0.15) is 0 Å². The van der Waals surface area contributed by atoms with Gasteiger partial charge in [-0.25, -0.2) is 4.98 Å². The molecule has 2 aliphatic rings. The second kappa shape index (κ2) is 5.14. The highest BCUT2D eigenvalue weighted by Gasteiger charge is 2.21. The molecule has 3 rings (SSSR count). The molecule has 0 aromatic carbocycles. The van der Waals surface area contributed by atoms with Crippen LogP contribution in [-0.4, -0.2) is 36.2 Å². The normalized spacial score (nSPS) is 21.6. The van der Waals surface area contributed by atoms with Gasteiger partial charge in [-0.1, -0.05) is 6.42 Å². The van der Waals surface area contributed by atoms with Crippen LogP contribution in [0.5, 0.6) is 11.6 Å². The molecule has 2 aliphatic heterocycles. The number of hydrogen-bond acceptors (Lipinski definition) is 4. The van der Waals surface area contributed by atoms with Crippen LogP contribution in [0.4, 0.5) is 0 Å². The van der Waals surface area contributed by atoms with Gasteiger partial charge in [-0.05, 0) is 45.0 Å². The van der Waals surface area contributed by atoms with Crippen LogP contribution in [0.3, 0.4) is 0 Å². The van der Waals surface area contributed by atoms with Crippen LogP contribution in [0.15, 0.2) is 12.1 Å². The van der Waals surface area contributed by atoms with Crippen molar-refractivity contribution in [3.05, 3.63) is 17.8 Å². The molecular formula is C14H20N2O2. The number of rotatable bonds is 2. The summed E-state index contributed by atoms with van der Waals surface area (Å²) in [6.07, 6.45) is 3.96. The fraction of sp³-hybridized carbons (Fsp3) is 0.643. The largest absolute Gasteiger partial charge is 0.484 e. The molecule has 4 heteroatoms. The van der Waals surface area contributed by atoms with Crippen molar-refractivity contribution in [2.24, 2.45) is 0 Å². The average Bonchev–Trinajstić information content (AvgIpc) is 2.47. The van der Waals surface area contributed by atoms with E-state index in [0.29, 0.717) is 25.1 Å². The highest BCUT2D eigenvalue weighted by molar-refractivity contribution is 5.36. The zero-order chi connectivity index (χ0) is 12.4. The predicted molar refractivity (Wildman–Crippen MR) is 69.1 cm³/mol. The first-order chi connectivity index (χ1) is 8.84. The molecule has 0 saturated carbocycles. The summed E-state index contributed by atoms with van der Waals surface area (Å²) >= 11 is 0. The SMILES string of the molecule is C[C@@H](c1ccc2c(n1)OCCO2)N1CCCCC1. The first-order valence-corrected chi connectivity index (χ1v) is 6.85. The average molecular weight is 248 g/mol. The molecule has 98 valence electrons. The van der Waals surface area contributed by atoms with E-state index in [9.17, 15) is 0 Å². The zero-order valence-corrected chi connectivity index (χ0v) is 10.9. The third-order valence-electron chi connectivity index (χ3n) is 3.79. The summed E-state index contributed by atoms with van der Waals surface area (Å²) in [5, 5.41) is 0. The van der Waals surface area contributed by atoms with Crippen LogP contribution in [0.2, 0.25) is 0 Å². The Hall–Kier alpha value is -1.29. The summed E-state index contributed by atoms with van der Waals surface area (Å²) in [7, 11) is 0. The number of likely N-dealkylation sites (tertiary alicyclic amines) is 1. The summed E-state index contributed by atoms with van der Waals surface area (Å²) in [5.74, 6) is 1.43. The molecule has 1 saturated heterocycles. The van der Waals surface area contributed by atoms with Crippen molar-refractivity contribution in [3.8, 4) is 11.6 Å². The third-order valence-corrected chi connectivity index (χ3v) is 3.79. The second-order valence-electron chi connectivity index (χ2n) is 5.01. The van der Waals surface area contributed by atoms with Crippen LogP contribution in [0.25, 0.3) is 0 Å². The number of pyridine rings is 1. The van der Waals surface area contributed by atoms with Crippen molar-refractivity contribution >= 4 is 0 Å². The first-order valence-electron chi connectivity index (χ1n) is 6.85. The van der Waals surface area contributed by atoms with Gasteiger partial charge in [0.1, 0.15) is 13.2 Å². The molecule has 0 N–H and O–H groups in total. The molecule has 3 heterocycles. The second-order valence-corrected chi connectivity index (χ2v) is 5.01. The van der Waals surface area contributed by atoms with Gasteiger partial charge in [-0.3, -0.25) is 4.90 Å². The number of piperidine rings is 1. The zero-order valence-electron chi connectivity index (χ0n) is 10.9. The Bertz CT molecular complexity index is 416. The lowest BCUT2D eigenvalue weighted by molar-refractivity contribution is 0.155. The van der Waals surface area contributed by atoms with E-state index in [2.05, 4.69) is 22.9 Å². The topological polar surface area (TPSA) is 34.6 Å². The van der Waals surface area contributed by atoms with Crippen LogP contribution < -0.4 is 9.47 Å². The molecule has 1 fully saturated rings. The number of ether oxygens (including phenoxy) is 2. The van der Waals surface area contributed by atoms with Gasteiger partial charge < -0.3 is 9.47 Å². The quantitative estimate of drug-likeness (QED) is 0.805. The first kappa shape index (κ1) is 11.8. The molecule has 0 amide bonds. The smallest absolute Gasteiger partial charge is 0.257 e. The highest BCUT2D eigenvalue weighted by atomic mass is 16.6. The van der Waals surface area contributed by atoms with Gasteiger partial charge in [0, 0.05) is 6.04 Å². The van der Waals surface area contributed by atoms with Crippen LogP contribution >= 0.6 is 0 Å². The number of nitrogens with zero attached hydrogens (tertiary/aromatic N) is 2. The maximum atomic E-state index is 5.55. The molecule has 18 heavy (non-hydrogen) atoms. The lowest BCUT2D eigenvalue weighted by Crippen LogP contribution is -2.32. The minimum Gasteiger partial charge on any atom is -0.484 e. The predicted octanol–water partition coefficient (Wildman–Crippen LogP) is 2.40. The molecule has 0 aliphatic carbocycles. The maximum absolute atomic E-state index is 5.55. The third kappa shape index (κ3) is 2.29. The summed E-state index contributed by atoms with van der Waals surface area (Å²) in [6, 6.07) is 4.41. The van der Waals surface area contributed by atoms with Gasteiger partial charge in [-0.15, -0.1) is 0 Å². The van der Waals surface area contributed by atoms with E-state index in [1.165, 1.54) is 32.4 Å². The van der Waals surface area contributed by atoms with Gasteiger partial charge in [0.15, 0.2) is 5.75 Å². The lowest BCUT2D eigenvalue weighted by atomic mass is 10.1. The molecule has 0 spiro atoms. The Morgan fingerprint density at radius 3 is 2.72 bits per heavy atom. The fourth-order valence-electron chi connectivity index (χ4n) is 2.67. The summed E-state index contributed by atoms with van der Waals surface area (Å²) in [5.41, 5.74) is 1.08. The van der Waals surface area contributed by atoms with Crippen LogP contribution in [0, 0.1) is 0 Å². The maximum Gasteiger partial charge on any atom is 0.257 e. The van der Waals surface area contributed by atoms with Crippen LogP contribution in [0.1, 0.15) is 37.9 Å². The van der Waals surface area contributed by atoms with Gasteiger partial charge in [0.05, 0.1) is 5.69 Å². The van der Waals surface area contributed by atoms with Gasteiger partial charge in [0.2, 0.25) is 0 Å². The summed E-state index contributed by atoms with van der Waals surface area (Å²) in [6.45, 7) is 5.80. The van der Waals surface area contributed by atoms with E-state index < -0.39 is 0 Å². The van der Waals surface area contributed by atoms with E-state index in [0.717, 1.165) is 11.4 Å². The lowest BCUT2D eigenvalue weighted by Gasteiger charge is -2.32. The Morgan fingerprint density at radius 2 is 1.89 bits per heavy atom. The van der Waals surface area contributed by atoms with Gasteiger partial charge >= 0.3 is 0 Å². The Balaban J connectivity index is 1.78. The minimum absolute atomic E-state index is 0.362. The van der Waals surface area contributed by atoms with Crippen molar-refractivity contribution in [2.45, 2.75) is 32.2 Å². The molecule has 1 aromatic heterocycles. The summed E-state index contributed by atoms with van der Waals surface area (Å²) < 4.78 is 11.0. The Labute approximate surface area is 108 Å². The van der Waals surface area contributed by atoms with E-state index in [1.54, 1.807) is 0 Å². The summed E-state index contributed by atoms with van der Waals surface area (Å²) in [4.78, 5) is 7.10. The number of fused-ring (bicyclic) bond motifs is 1. The molecular weight excluding hydrogens is 228 g/mol. The highest BCUT2D eigenvalue weighted by Crippen LogP contribution is 2.31. The number of hydrogen-bond donors (Lipinski definition) is 0. The van der Waals surface area contributed by atoms with E-state index >= 15 is 0 Å². The van der Waals surface area contributed by atoms with E-state index in [1.807, 2.05) is 6.07 Å². The fourth-order valence-corrected chi connectivity index (χ4v) is 2.67. The molecule has 0 radical (unpaired) electrons. The van der Waals surface area contributed by atoms with Crippen LogP contribution in [-0.2, 0) is 0 Å². The standard InChI is InChI=1S/C14H20N2O2/c1-11(16-7-3-2-4-8-16)12-5-6-13-14(15-12)18-10-9-17-13/h5-6,11H,2-4,7-10H2,1H3/t11-/m0/s1. The Morgan fingerprint density at radius 1 is 1.11 bits per heavy atom. The van der Waals surface area contributed by atoms with Crippen molar-refractivity contribution in [3.63, 3.8) is 0 Å². The van der Waals surface area contributed by atoms with Crippen molar-refractivity contribution in [1.29, 1.82) is 0 Å². The molecule has 4 nitrogen and oxygen atoms in total. The van der Waals surface area contributed by atoms with E-state index in [4.69, 9.17) is 9.47 Å². The minimum atomic E-state index is 0.362.